The molecule has 3 rings (SSSR count). The molecule has 1 unspecified atom stereocenters. The fourth-order valence-electron chi connectivity index (χ4n) is 2.66. The summed E-state index contributed by atoms with van der Waals surface area (Å²) in [6.07, 6.45) is 2.25. The minimum Gasteiger partial charge on any atom is -0.435 e. The predicted octanol–water partition coefficient (Wildman–Crippen LogP) is 3.92. The summed E-state index contributed by atoms with van der Waals surface area (Å²) >= 11 is 0. The van der Waals surface area contributed by atoms with E-state index in [-0.39, 0.29) is 30.1 Å². The SMILES string of the molecule is Cl.NC(CNC(=O)c1ccccc1Nc1ccc(OC(F)F)cc1)C1CC1. The molecule has 1 fully saturated rings. The number of nitrogens with one attached hydrogen (secondary N) is 2. The van der Waals surface area contributed by atoms with Gasteiger partial charge < -0.3 is 21.1 Å². The first-order valence-corrected chi connectivity index (χ1v) is 8.47. The molecule has 0 saturated heterocycles. The van der Waals surface area contributed by atoms with Gasteiger partial charge in [0.2, 0.25) is 0 Å². The maximum absolute atomic E-state index is 12.5. The molecule has 146 valence electrons. The first-order chi connectivity index (χ1) is 12.5. The molecule has 8 heteroatoms. The van der Waals surface area contributed by atoms with Crippen molar-refractivity contribution in [2.75, 3.05) is 11.9 Å². The Bertz CT molecular complexity index is 755. The van der Waals surface area contributed by atoms with E-state index in [1.165, 1.54) is 12.1 Å². The zero-order valence-corrected chi connectivity index (χ0v) is 15.3. The van der Waals surface area contributed by atoms with Crippen molar-refractivity contribution in [1.29, 1.82) is 0 Å². The van der Waals surface area contributed by atoms with E-state index in [1.54, 1.807) is 30.3 Å². The molecule has 1 amide bonds. The normalized spacial score (nSPS) is 14.2. The Morgan fingerprint density at radius 2 is 1.81 bits per heavy atom. The van der Waals surface area contributed by atoms with Crippen molar-refractivity contribution in [3.8, 4) is 5.75 Å². The number of benzene rings is 2. The van der Waals surface area contributed by atoms with Crippen LogP contribution in [0.3, 0.4) is 0 Å². The van der Waals surface area contributed by atoms with Crippen LogP contribution in [0.4, 0.5) is 20.2 Å². The maximum atomic E-state index is 12.5. The highest BCUT2D eigenvalue weighted by molar-refractivity contribution is 6.00. The third-order valence-electron chi connectivity index (χ3n) is 4.26. The van der Waals surface area contributed by atoms with E-state index >= 15 is 0 Å². The summed E-state index contributed by atoms with van der Waals surface area (Å²) in [5, 5.41) is 5.99. The van der Waals surface area contributed by atoms with Crippen LogP contribution >= 0.6 is 12.4 Å². The second kappa shape index (κ2) is 9.53. The van der Waals surface area contributed by atoms with Gasteiger partial charge in [0.15, 0.2) is 0 Å². The lowest BCUT2D eigenvalue weighted by molar-refractivity contribution is -0.0498. The average Bonchev–Trinajstić information content (AvgIpc) is 3.46. The topological polar surface area (TPSA) is 76.4 Å². The summed E-state index contributed by atoms with van der Waals surface area (Å²) in [5.41, 5.74) is 7.78. The third kappa shape index (κ3) is 6.08. The molecule has 0 aliphatic heterocycles. The lowest BCUT2D eigenvalue weighted by atomic mass is 10.1. The lowest BCUT2D eigenvalue weighted by Gasteiger charge is -2.15. The van der Waals surface area contributed by atoms with Crippen LogP contribution in [-0.2, 0) is 0 Å². The van der Waals surface area contributed by atoms with Gasteiger partial charge in [-0.3, -0.25) is 4.79 Å². The molecule has 2 aromatic rings. The molecule has 0 aromatic heterocycles. The van der Waals surface area contributed by atoms with E-state index in [0.29, 0.717) is 29.4 Å². The van der Waals surface area contributed by atoms with E-state index in [1.807, 2.05) is 6.07 Å². The van der Waals surface area contributed by atoms with Crippen molar-refractivity contribution >= 4 is 29.7 Å². The number of nitrogens with two attached hydrogens (primary N) is 1. The highest BCUT2D eigenvalue weighted by Gasteiger charge is 2.28. The van der Waals surface area contributed by atoms with Crippen LogP contribution in [0.15, 0.2) is 48.5 Å². The minimum absolute atomic E-state index is 0. The van der Waals surface area contributed by atoms with Crippen molar-refractivity contribution in [3.63, 3.8) is 0 Å². The number of halogens is 3. The van der Waals surface area contributed by atoms with Gasteiger partial charge in [-0.2, -0.15) is 8.78 Å². The number of hydrogen-bond acceptors (Lipinski definition) is 4. The summed E-state index contributed by atoms with van der Waals surface area (Å²) in [7, 11) is 0. The monoisotopic (exact) mass is 397 g/mol. The molecular formula is C19H22ClF2N3O2. The van der Waals surface area contributed by atoms with E-state index in [9.17, 15) is 13.6 Å². The first-order valence-electron chi connectivity index (χ1n) is 8.47. The van der Waals surface area contributed by atoms with Crippen LogP contribution in [0.1, 0.15) is 23.2 Å². The van der Waals surface area contributed by atoms with Crippen molar-refractivity contribution in [1.82, 2.24) is 5.32 Å². The molecule has 1 aliphatic carbocycles. The quantitative estimate of drug-likeness (QED) is 0.631. The molecule has 5 nitrogen and oxygen atoms in total. The molecule has 1 saturated carbocycles. The molecule has 0 spiro atoms. The van der Waals surface area contributed by atoms with Gasteiger partial charge in [0, 0.05) is 18.3 Å². The molecule has 4 N–H and O–H groups in total. The Balaban J connectivity index is 0.00000261. The zero-order chi connectivity index (χ0) is 18.5. The van der Waals surface area contributed by atoms with Crippen LogP contribution in [0.5, 0.6) is 5.75 Å². The number of alkyl halides is 2. The van der Waals surface area contributed by atoms with Crippen LogP contribution in [0.2, 0.25) is 0 Å². The Morgan fingerprint density at radius 3 is 2.44 bits per heavy atom. The van der Waals surface area contributed by atoms with Gasteiger partial charge >= 0.3 is 6.61 Å². The second-order valence-corrected chi connectivity index (χ2v) is 6.28. The highest BCUT2D eigenvalue weighted by atomic mass is 35.5. The van der Waals surface area contributed by atoms with Gasteiger partial charge in [0.05, 0.1) is 11.3 Å². The number of carbonyl (C=O) groups excluding carboxylic acids is 1. The summed E-state index contributed by atoms with van der Waals surface area (Å²) < 4.78 is 28.7. The summed E-state index contributed by atoms with van der Waals surface area (Å²) in [4.78, 5) is 12.5. The second-order valence-electron chi connectivity index (χ2n) is 6.28. The molecule has 27 heavy (non-hydrogen) atoms. The van der Waals surface area contributed by atoms with E-state index in [0.717, 1.165) is 12.8 Å². The Hall–Kier alpha value is -2.38. The van der Waals surface area contributed by atoms with Crippen molar-refractivity contribution in [2.45, 2.75) is 25.5 Å². The van der Waals surface area contributed by atoms with E-state index < -0.39 is 6.61 Å². The molecule has 1 aliphatic rings. The van der Waals surface area contributed by atoms with Gasteiger partial charge in [-0.15, -0.1) is 12.4 Å². The molecule has 1 atom stereocenters. The fraction of sp³-hybridized carbons (Fsp3) is 0.316. The van der Waals surface area contributed by atoms with Gasteiger partial charge in [0.1, 0.15) is 5.75 Å². The fourth-order valence-corrected chi connectivity index (χ4v) is 2.66. The van der Waals surface area contributed by atoms with Gasteiger partial charge in [-0.1, -0.05) is 12.1 Å². The lowest BCUT2D eigenvalue weighted by Crippen LogP contribution is -2.38. The smallest absolute Gasteiger partial charge is 0.387 e. The molecule has 0 heterocycles. The van der Waals surface area contributed by atoms with E-state index in [4.69, 9.17) is 5.73 Å². The van der Waals surface area contributed by atoms with Crippen molar-refractivity contribution in [3.05, 3.63) is 54.1 Å². The zero-order valence-electron chi connectivity index (χ0n) is 14.5. The van der Waals surface area contributed by atoms with Crippen LogP contribution in [0, 0.1) is 5.92 Å². The number of anilines is 2. The number of rotatable bonds is 8. The predicted molar refractivity (Wildman–Crippen MR) is 103 cm³/mol. The largest absolute Gasteiger partial charge is 0.435 e. The summed E-state index contributed by atoms with van der Waals surface area (Å²) in [6, 6.07) is 13.2. The van der Waals surface area contributed by atoms with Gasteiger partial charge in [-0.25, -0.2) is 0 Å². The van der Waals surface area contributed by atoms with Crippen LogP contribution in [-0.4, -0.2) is 25.1 Å². The van der Waals surface area contributed by atoms with Crippen molar-refractivity contribution in [2.24, 2.45) is 11.7 Å². The third-order valence-corrected chi connectivity index (χ3v) is 4.26. The minimum atomic E-state index is -2.86. The molecular weight excluding hydrogens is 376 g/mol. The molecule has 0 radical (unpaired) electrons. The highest BCUT2D eigenvalue weighted by Crippen LogP contribution is 2.31. The number of para-hydroxylation sites is 1. The standard InChI is InChI=1S/C19H21F2N3O2.ClH/c20-19(21)26-14-9-7-13(8-10-14)24-17-4-2-1-3-15(17)18(25)23-11-16(22)12-5-6-12;/h1-4,7-10,12,16,19,24H,5-6,11,22H2,(H,23,25);1H. The van der Waals surface area contributed by atoms with Gasteiger partial charge in [0.25, 0.3) is 5.91 Å². The van der Waals surface area contributed by atoms with Gasteiger partial charge in [-0.05, 0) is 55.2 Å². The number of amides is 1. The number of carbonyl (C=O) groups is 1. The van der Waals surface area contributed by atoms with Crippen LogP contribution in [0.25, 0.3) is 0 Å². The molecule has 0 bridgehead atoms. The van der Waals surface area contributed by atoms with Crippen LogP contribution < -0.4 is 21.1 Å². The number of ether oxygens (including phenoxy) is 1. The Morgan fingerprint density at radius 1 is 1.15 bits per heavy atom. The first kappa shape index (κ1) is 20.9. The Kier molecular flexibility index (Phi) is 7.38. The maximum Gasteiger partial charge on any atom is 0.387 e. The van der Waals surface area contributed by atoms with Crippen molar-refractivity contribution < 1.29 is 18.3 Å². The summed E-state index contributed by atoms with van der Waals surface area (Å²) in [6.45, 7) is -2.42. The summed E-state index contributed by atoms with van der Waals surface area (Å²) in [5.74, 6) is 0.380. The Labute approximate surface area is 162 Å². The van der Waals surface area contributed by atoms with E-state index in [2.05, 4.69) is 15.4 Å². The number of hydrogen-bond donors (Lipinski definition) is 3. The average molecular weight is 398 g/mol. The molecule has 2 aromatic carbocycles.